The van der Waals surface area contributed by atoms with Gasteiger partial charge in [-0.15, -0.1) is 10.2 Å². The molecule has 0 saturated carbocycles. The van der Waals surface area contributed by atoms with Crippen LogP contribution in [-0.4, -0.2) is 40.2 Å². The molecule has 0 fully saturated rings. The molecule has 3 rings (SSSR count). The minimum Gasteiger partial charge on any atom is -0.493 e. The van der Waals surface area contributed by atoms with Crippen molar-refractivity contribution in [3.8, 4) is 5.88 Å². The van der Waals surface area contributed by atoms with Gasteiger partial charge in [-0.2, -0.15) is 0 Å². The summed E-state index contributed by atoms with van der Waals surface area (Å²) in [6, 6.07) is 12.6. The Hall–Kier alpha value is -3.06. The minimum absolute atomic E-state index is 0.0281. The van der Waals surface area contributed by atoms with Crippen LogP contribution in [0.1, 0.15) is 24.3 Å². The number of aromatic nitrogens is 2. The second-order valence-corrected chi connectivity index (χ2v) is 6.27. The number of nitrogens with one attached hydrogen (secondary N) is 1. The van der Waals surface area contributed by atoms with Gasteiger partial charge in [-0.1, -0.05) is 24.3 Å². The number of aromatic hydroxyl groups is 1. The van der Waals surface area contributed by atoms with Crippen LogP contribution in [0.25, 0.3) is 10.9 Å². The van der Waals surface area contributed by atoms with Crippen molar-refractivity contribution in [1.29, 1.82) is 0 Å². The number of likely N-dealkylation sites (N-methyl/N-ethyl adjacent to an activating group) is 1. The first-order valence-electron chi connectivity index (χ1n) is 9.16. The van der Waals surface area contributed by atoms with Crippen LogP contribution in [-0.2, 0) is 6.54 Å². The maximum atomic E-state index is 12.2. The molecule has 0 atom stereocenters. The predicted molar refractivity (Wildman–Crippen MR) is 104 cm³/mol. The molecule has 0 aliphatic heterocycles. The van der Waals surface area contributed by atoms with Crippen molar-refractivity contribution in [3.05, 3.63) is 54.4 Å². The molecule has 0 unspecified atom stereocenters. The molecule has 2 N–H and O–H groups in total. The van der Waals surface area contributed by atoms with E-state index in [1.165, 1.54) is 11.1 Å². The molecule has 7 heteroatoms. The van der Waals surface area contributed by atoms with Crippen LogP contribution in [0, 0.1) is 0 Å². The van der Waals surface area contributed by atoms with E-state index in [1.54, 1.807) is 18.2 Å². The van der Waals surface area contributed by atoms with Crippen molar-refractivity contribution in [2.75, 3.05) is 19.6 Å². The monoisotopic (exact) mass is 366 g/mol. The summed E-state index contributed by atoms with van der Waals surface area (Å²) in [5, 5.41) is 19.3. The van der Waals surface area contributed by atoms with Gasteiger partial charge < -0.3 is 14.6 Å². The van der Waals surface area contributed by atoms with E-state index in [2.05, 4.69) is 29.1 Å². The van der Waals surface area contributed by atoms with Crippen molar-refractivity contribution < 1.29 is 14.8 Å². The highest BCUT2D eigenvalue weighted by atomic mass is 16.3. The van der Waals surface area contributed by atoms with Crippen LogP contribution in [0.3, 0.4) is 0 Å². The van der Waals surface area contributed by atoms with Crippen LogP contribution >= 0.6 is 0 Å². The number of fused-ring (bicyclic) bond motifs is 1. The standard InChI is InChI=1S/C20H23N5O2/c1-3-24(4-2)13-14-25-17-11-6-5-9-15(17)18(20(25)27)22-23-19(26)16-10-7-8-12-21-16/h5-12,27H,3-4,13-14H2,1-2H3/p+1. The molecule has 0 aliphatic rings. The Morgan fingerprint density at radius 1 is 1.15 bits per heavy atom. The lowest BCUT2D eigenvalue weighted by atomic mass is 10.2. The summed E-state index contributed by atoms with van der Waals surface area (Å²) in [6.45, 7) is 7.91. The zero-order valence-electron chi connectivity index (χ0n) is 15.6. The Morgan fingerprint density at radius 3 is 2.59 bits per heavy atom. The van der Waals surface area contributed by atoms with E-state index in [0.29, 0.717) is 12.2 Å². The molecule has 27 heavy (non-hydrogen) atoms. The fourth-order valence-corrected chi connectivity index (χ4v) is 3.11. The van der Waals surface area contributed by atoms with E-state index >= 15 is 0 Å². The highest BCUT2D eigenvalue weighted by molar-refractivity contribution is 5.96. The van der Waals surface area contributed by atoms with E-state index < -0.39 is 5.91 Å². The Labute approximate surface area is 158 Å². The van der Waals surface area contributed by atoms with Crippen LogP contribution in [0.5, 0.6) is 5.88 Å². The predicted octanol–water partition coefficient (Wildman–Crippen LogP) is 2.59. The largest absolute Gasteiger partial charge is 0.493 e. The Kier molecular flexibility index (Phi) is 5.93. The Morgan fingerprint density at radius 2 is 1.89 bits per heavy atom. The summed E-state index contributed by atoms with van der Waals surface area (Å²) in [7, 11) is 0. The summed E-state index contributed by atoms with van der Waals surface area (Å²) in [5.74, 6) is -0.514. The molecule has 0 bridgehead atoms. The molecule has 2 heterocycles. The zero-order valence-corrected chi connectivity index (χ0v) is 15.6. The first kappa shape index (κ1) is 18.7. The number of rotatable bonds is 7. The van der Waals surface area contributed by atoms with Crippen LogP contribution in [0.15, 0.2) is 58.9 Å². The number of pyridine rings is 1. The Bertz CT molecular complexity index is 946. The summed E-state index contributed by atoms with van der Waals surface area (Å²) >= 11 is 0. The third kappa shape index (κ3) is 4.03. The third-order valence-electron chi connectivity index (χ3n) is 4.73. The topological polar surface area (TPSA) is 84.3 Å². The number of hydrogen-bond acceptors (Lipinski definition) is 4. The van der Waals surface area contributed by atoms with Crippen LogP contribution in [0.2, 0.25) is 0 Å². The average molecular weight is 366 g/mol. The van der Waals surface area contributed by atoms with Gasteiger partial charge in [0, 0.05) is 11.6 Å². The summed E-state index contributed by atoms with van der Waals surface area (Å²) in [4.78, 5) is 17.6. The van der Waals surface area contributed by atoms with Crippen molar-refractivity contribution in [2.45, 2.75) is 20.4 Å². The van der Waals surface area contributed by atoms with Gasteiger partial charge in [0.1, 0.15) is 5.69 Å². The number of nitrogens with zero attached hydrogens (tertiary/aromatic N) is 4. The molecular formula is C20H24N5O2+. The van der Waals surface area contributed by atoms with Crippen molar-refractivity contribution in [3.63, 3.8) is 0 Å². The normalized spacial score (nSPS) is 11.7. The number of azo groups is 1. The maximum Gasteiger partial charge on any atom is 0.313 e. The molecule has 1 aromatic carbocycles. The number of benzene rings is 1. The first-order chi connectivity index (χ1) is 13.2. The van der Waals surface area contributed by atoms with Gasteiger partial charge in [0.05, 0.1) is 31.7 Å². The maximum absolute atomic E-state index is 12.2. The van der Waals surface area contributed by atoms with Gasteiger partial charge in [-0.25, -0.2) is 0 Å². The lowest BCUT2D eigenvalue weighted by Gasteiger charge is -2.16. The number of hydrogen-bond donors (Lipinski definition) is 2. The van der Waals surface area contributed by atoms with E-state index in [9.17, 15) is 9.90 Å². The fourth-order valence-electron chi connectivity index (χ4n) is 3.11. The molecule has 7 nitrogen and oxygen atoms in total. The second kappa shape index (κ2) is 8.55. The molecule has 0 aliphatic carbocycles. The quantitative estimate of drug-likeness (QED) is 0.631. The van der Waals surface area contributed by atoms with Crippen molar-refractivity contribution in [2.24, 2.45) is 10.2 Å². The summed E-state index contributed by atoms with van der Waals surface area (Å²) < 4.78 is 1.83. The lowest BCUT2D eigenvalue weighted by molar-refractivity contribution is -0.897. The number of amides is 1. The number of carbonyl (C=O) groups is 1. The molecule has 3 aromatic rings. The second-order valence-electron chi connectivity index (χ2n) is 6.27. The Balaban J connectivity index is 1.92. The highest BCUT2D eigenvalue weighted by Crippen LogP contribution is 2.38. The number of quaternary nitrogens is 1. The van der Waals surface area contributed by atoms with Crippen molar-refractivity contribution in [1.82, 2.24) is 9.55 Å². The van der Waals surface area contributed by atoms with Gasteiger partial charge in [0.25, 0.3) is 0 Å². The van der Waals surface area contributed by atoms with Crippen LogP contribution < -0.4 is 4.90 Å². The van der Waals surface area contributed by atoms with E-state index in [-0.39, 0.29) is 11.6 Å². The highest BCUT2D eigenvalue weighted by Gasteiger charge is 2.18. The van der Waals surface area contributed by atoms with E-state index in [4.69, 9.17) is 0 Å². The molecule has 0 radical (unpaired) electrons. The van der Waals surface area contributed by atoms with Crippen LogP contribution in [0.4, 0.5) is 5.69 Å². The summed E-state index contributed by atoms with van der Waals surface area (Å²) in [5.41, 5.74) is 1.40. The third-order valence-corrected chi connectivity index (χ3v) is 4.73. The molecule has 2 aromatic heterocycles. The molecular weight excluding hydrogens is 342 g/mol. The average Bonchev–Trinajstić information content (AvgIpc) is 2.98. The van der Waals surface area contributed by atoms with Crippen molar-refractivity contribution >= 4 is 22.5 Å². The van der Waals surface area contributed by atoms with Gasteiger partial charge >= 0.3 is 5.91 Å². The van der Waals surface area contributed by atoms with Gasteiger partial charge in [-0.05, 0) is 32.0 Å². The first-order valence-corrected chi connectivity index (χ1v) is 9.16. The number of carbonyl (C=O) groups excluding carboxylic acids is 1. The molecule has 0 saturated heterocycles. The summed E-state index contributed by atoms with van der Waals surface area (Å²) in [6.07, 6.45) is 1.53. The number of para-hydroxylation sites is 1. The lowest BCUT2D eigenvalue weighted by Crippen LogP contribution is -3.11. The minimum atomic E-state index is -0.542. The van der Waals surface area contributed by atoms with E-state index in [1.807, 2.05) is 28.8 Å². The smallest absolute Gasteiger partial charge is 0.313 e. The molecule has 0 spiro atoms. The fraction of sp³-hybridized carbons (Fsp3) is 0.300. The van der Waals surface area contributed by atoms with Gasteiger partial charge in [0.2, 0.25) is 5.88 Å². The molecule has 140 valence electrons. The SMILES string of the molecule is CC[NH+](CC)CCn1c(O)c(N=NC(=O)c2ccccn2)c2ccccc21. The molecule has 1 amide bonds. The van der Waals surface area contributed by atoms with E-state index in [0.717, 1.165) is 30.5 Å². The zero-order chi connectivity index (χ0) is 19.2. The van der Waals surface area contributed by atoms with Gasteiger partial charge in [-0.3, -0.25) is 9.78 Å². The van der Waals surface area contributed by atoms with Gasteiger partial charge in [0.15, 0.2) is 5.69 Å².